The van der Waals surface area contributed by atoms with Crippen LogP contribution < -0.4 is 22.1 Å². The van der Waals surface area contributed by atoms with Gasteiger partial charge >= 0.3 is 12.1 Å². The Labute approximate surface area is 165 Å². The lowest BCUT2D eigenvalue weighted by atomic mass is 10.1. The van der Waals surface area contributed by atoms with Gasteiger partial charge < -0.3 is 11.1 Å². The monoisotopic (exact) mass is 430 g/mol. The largest absolute Gasteiger partial charge is 0.351 e. The van der Waals surface area contributed by atoms with Gasteiger partial charge in [0, 0.05) is 0 Å². The minimum atomic E-state index is -4.55. The number of benzene rings is 2. The van der Waals surface area contributed by atoms with Crippen molar-refractivity contribution < 1.29 is 18.0 Å². The van der Waals surface area contributed by atoms with Gasteiger partial charge in [0.25, 0.3) is 0 Å². The summed E-state index contributed by atoms with van der Waals surface area (Å²) in [7, 11) is -4.55. The Balaban J connectivity index is 2.65. The number of amides is 4. The zero-order valence-corrected chi connectivity index (χ0v) is 16.1. The maximum Gasteiger partial charge on any atom is 0.325 e. The Morgan fingerprint density at radius 3 is 1.89 bits per heavy atom. The van der Waals surface area contributed by atoms with Gasteiger partial charge in [0.1, 0.15) is 0 Å². The van der Waals surface area contributed by atoms with Crippen molar-refractivity contribution in [2.24, 2.45) is 11.5 Å². The normalized spacial score (nSPS) is 14.0. The van der Waals surface area contributed by atoms with Gasteiger partial charge in [0.15, 0.2) is 4.33 Å². The van der Waals surface area contributed by atoms with E-state index in [4.69, 9.17) is 34.7 Å². The van der Waals surface area contributed by atoms with Gasteiger partial charge in [0.05, 0.1) is 4.90 Å². The van der Waals surface area contributed by atoms with Gasteiger partial charge in [-0.3, -0.25) is 11.1 Å². The van der Waals surface area contributed by atoms with E-state index in [1.54, 1.807) is 29.6 Å². The van der Waals surface area contributed by atoms with E-state index in [0.29, 0.717) is 0 Å². The van der Waals surface area contributed by atoms with Crippen LogP contribution in [0.1, 0.15) is 5.56 Å². The predicted molar refractivity (Wildman–Crippen MR) is 102 cm³/mol. The molecule has 0 fully saturated rings. The SMILES string of the molecule is NC(=O)NC(=O)NC(N)(C(Cl)(Cl)c1ccccc1)S(=O)(=O)c1ccccc1. The minimum Gasteiger partial charge on any atom is -0.351 e. The molecule has 2 aromatic carbocycles. The molecule has 0 saturated carbocycles. The second-order valence-electron chi connectivity index (χ2n) is 5.44. The van der Waals surface area contributed by atoms with E-state index in [2.05, 4.69) is 0 Å². The molecule has 0 heterocycles. The number of nitrogens with one attached hydrogen (secondary N) is 2. The first-order valence-electron chi connectivity index (χ1n) is 7.43. The number of hydrogen-bond acceptors (Lipinski definition) is 5. The molecule has 1 unspecified atom stereocenters. The van der Waals surface area contributed by atoms with Gasteiger partial charge in [-0.15, -0.1) is 0 Å². The molecule has 0 bridgehead atoms. The highest BCUT2D eigenvalue weighted by molar-refractivity contribution is 7.93. The van der Waals surface area contributed by atoms with Crippen LogP contribution in [0.3, 0.4) is 0 Å². The summed E-state index contributed by atoms with van der Waals surface area (Å²) >= 11 is 12.8. The number of alkyl halides is 2. The van der Waals surface area contributed by atoms with Crippen LogP contribution in [-0.4, -0.2) is 25.5 Å². The molecule has 4 amide bonds. The maximum atomic E-state index is 13.2. The van der Waals surface area contributed by atoms with E-state index in [1.807, 2.05) is 5.32 Å². The molecular weight excluding hydrogens is 415 g/mol. The number of sulfone groups is 1. The number of hydrogen-bond donors (Lipinski definition) is 4. The molecule has 27 heavy (non-hydrogen) atoms. The maximum absolute atomic E-state index is 13.2. The Morgan fingerprint density at radius 1 is 0.926 bits per heavy atom. The lowest BCUT2D eigenvalue weighted by Crippen LogP contribution is -2.70. The highest BCUT2D eigenvalue weighted by Gasteiger charge is 2.59. The summed E-state index contributed by atoms with van der Waals surface area (Å²) in [4.78, 5) is 20.0. The number of halogens is 2. The van der Waals surface area contributed by atoms with E-state index in [-0.39, 0.29) is 10.5 Å². The third-order valence-electron chi connectivity index (χ3n) is 3.62. The summed E-state index contributed by atoms with van der Waals surface area (Å²) in [5.74, 6) is 0. The molecule has 6 N–H and O–H groups in total. The second kappa shape index (κ2) is 7.73. The van der Waals surface area contributed by atoms with Crippen molar-refractivity contribution in [3.05, 3.63) is 66.2 Å². The van der Waals surface area contributed by atoms with Crippen LogP contribution in [-0.2, 0) is 14.2 Å². The van der Waals surface area contributed by atoms with Crippen molar-refractivity contribution in [3.63, 3.8) is 0 Å². The molecule has 8 nitrogen and oxygen atoms in total. The van der Waals surface area contributed by atoms with E-state index in [9.17, 15) is 18.0 Å². The number of carbonyl (C=O) groups excluding carboxylic acids is 2. The van der Waals surface area contributed by atoms with Crippen LogP contribution in [0.25, 0.3) is 0 Å². The minimum absolute atomic E-state index is 0.106. The molecular formula is C16H16Cl2N4O4S. The van der Waals surface area contributed by atoms with E-state index >= 15 is 0 Å². The van der Waals surface area contributed by atoms with Gasteiger partial charge in [-0.1, -0.05) is 71.7 Å². The summed E-state index contributed by atoms with van der Waals surface area (Å²) in [6, 6.07) is 12.2. The molecule has 0 radical (unpaired) electrons. The summed E-state index contributed by atoms with van der Waals surface area (Å²) in [6.45, 7) is 0. The van der Waals surface area contributed by atoms with Gasteiger partial charge in [-0.25, -0.2) is 18.0 Å². The van der Waals surface area contributed by atoms with Crippen LogP contribution in [0.5, 0.6) is 0 Å². The standard InChI is InChI=1S/C16H16Cl2N4O4S/c17-15(18,11-7-3-1-4-8-11)16(20,22-14(24)21-13(19)23)27(25,26)12-9-5-2-6-10-12/h1-10H,20H2,(H4,19,21,22,23,24). The molecule has 11 heteroatoms. The zero-order chi connectivity index (χ0) is 20.3. The van der Waals surface area contributed by atoms with Crippen molar-refractivity contribution in [2.45, 2.75) is 14.2 Å². The highest BCUT2D eigenvalue weighted by Crippen LogP contribution is 2.45. The van der Waals surface area contributed by atoms with Gasteiger partial charge in [-0.2, -0.15) is 0 Å². The first-order chi connectivity index (χ1) is 12.5. The Kier molecular flexibility index (Phi) is 6.01. The van der Waals surface area contributed by atoms with Crippen LogP contribution >= 0.6 is 23.2 Å². The number of primary amides is 1. The highest BCUT2D eigenvalue weighted by atomic mass is 35.5. The lowest BCUT2D eigenvalue weighted by molar-refractivity contribution is 0.225. The summed E-state index contributed by atoms with van der Waals surface area (Å²) < 4.78 is 24.2. The smallest absolute Gasteiger partial charge is 0.325 e. The van der Waals surface area contributed by atoms with Gasteiger partial charge in [-0.05, 0) is 17.7 Å². The number of imide groups is 1. The van der Waals surface area contributed by atoms with E-state index in [1.165, 1.54) is 36.4 Å². The molecule has 0 aromatic heterocycles. The molecule has 0 aliphatic carbocycles. The number of rotatable bonds is 5. The van der Waals surface area contributed by atoms with Crippen molar-refractivity contribution in [1.29, 1.82) is 0 Å². The molecule has 0 saturated heterocycles. The number of urea groups is 2. The molecule has 0 spiro atoms. The zero-order valence-electron chi connectivity index (χ0n) is 13.7. The van der Waals surface area contributed by atoms with Crippen LogP contribution in [0.2, 0.25) is 0 Å². The molecule has 2 aromatic rings. The summed E-state index contributed by atoms with van der Waals surface area (Å²) in [5.41, 5.74) is 11.1. The summed E-state index contributed by atoms with van der Waals surface area (Å²) in [5, 5.41) is 3.65. The fourth-order valence-electron chi connectivity index (χ4n) is 2.27. The third kappa shape index (κ3) is 4.01. The fourth-order valence-corrected chi connectivity index (χ4v) is 4.80. The third-order valence-corrected chi connectivity index (χ3v) is 7.02. The Bertz CT molecular complexity index is 939. The molecule has 0 aliphatic rings. The van der Waals surface area contributed by atoms with E-state index in [0.717, 1.165) is 0 Å². The summed E-state index contributed by atoms with van der Waals surface area (Å²) in [6.07, 6.45) is 0. The van der Waals surface area contributed by atoms with Crippen LogP contribution in [0, 0.1) is 0 Å². The predicted octanol–water partition coefficient (Wildman–Crippen LogP) is 1.78. The molecule has 0 aliphatic heterocycles. The van der Waals surface area contributed by atoms with Crippen molar-refractivity contribution >= 4 is 45.1 Å². The second-order valence-corrected chi connectivity index (χ2v) is 8.89. The topological polar surface area (TPSA) is 144 Å². The molecule has 1 atom stereocenters. The average molecular weight is 431 g/mol. The fraction of sp³-hybridized carbons (Fsp3) is 0.125. The van der Waals surface area contributed by atoms with E-state index < -0.39 is 31.2 Å². The van der Waals surface area contributed by atoms with Crippen molar-refractivity contribution in [3.8, 4) is 0 Å². The number of carbonyl (C=O) groups is 2. The van der Waals surface area contributed by atoms with Gasteiger partial charge in [0.2, 0.25) is 14.8 Å². The average Bonchev–Trinajstić information content (AvgIpc) is 2.62. The van der Waals surface area contributed by atoms with Crippen LogP contribution in [0.4, 0.5) is 9.59 Å². The van der Waals surface area contributed by atoms with Crippen LogP contribution in [0.15, 0.2) is 65.6 Å². The Morgan fingerprint density at radius 2 is 1.41 bits per heavy atom. The van der Waals surface area contributed by atoms with Crippen molar-refractivity contribution in [2.75, 3.05) is 0 Å². The lowest BCUT2D eigenvalue weighted by Gasteiger charge is -2.39. The first kappa shape index (κ1) is 21.0. The first-order valence-corrected chi connectivity index (χ1v) is 9.67. The molecule has 2 rings (SSSR count). The Hall–Kier alpha value is -2.33. The van der Waals surface area contributed by atoms with Crippen molar-refractivity contribution in [1.82, 2.24) is 10.6 Å². The molecule has 144 valence electrons. The number of nitrogens with two attached hydrogens (primary N) is 2. The quantitative estimate of drug-likeness (QED) is 0.421.